The van der Waals surface area contributed by atoms with Crippen molar-refractivity contribution in [3.63, 3.8) is 0 Å². The number of ether oxygens (including phenoxy) is 1. The summed E-state index contributed by atoms with van der Waals surface area (Å²) >= 11 is 12.3. The van der Waals surface area contributed by atoms with Gasteiger partial charge in [0.25, 0.3) is 0 Å². The number of anilines is 1. The highest BCUT2D eigenvalue weighted by molar-refractivity contribution is 6.31. The highest BCUT2D eigenvalue weighted by atomic mass is 35.5. The van der Waals surface area contributed by atoms with Crippen molar-refractivity contribution in [3.8, 4) is 0 Å². The van der Waals surface area contributed by atoms with Gasteiger partial charge < -0.3 is 36.6 Å². The zero-order valence-electron chi connectivity index (χ0n) is 28.6. The van der Waals surface area contributed by atoms with Crippen molar-refractivity contribution in [2.45, 2.75) is 89.3 Å². The molecular formula is C35H48Cl2F2N6O4. The Balaban J connectivity index is 1.60. The van der Waals surface area contributed by atoms with E-state index in [1.807, 2.05) is 34.6 Å². The minimum absolute atomic E-state index is 0.0728. The van der Waals surface area contributed by atoms with E-state index < -0.39 is 52.8 Å². The summed E-state index contributed by atoms with van der Waals surface area (Å²) in [7, 11) is 0. The molecule has 49 heavy (non-hydrogen) atoms. The predicted molar refractivity (Wildman–Crippen MR) is 188 cm³/mol. The first-order chi connectivity index (χ1) is 22.9. The molecule has 2 aromatic carbocycles. The van der Waals surface area contributed by atoms with Gasteiger partial charge in [-0.25, -0.2) is 8.78 Å². The molecule has 0 aliphatic carbocycles. The molecule has 5 atom stereocenters. The maximum atomic E-state index is 15.9. The van der Waals surface area contributed by atoms with E-state index in [0.29, 0.717) is 32.5 Å². The van der Waals surface area contributed by atoms with Crippen molar-refractivity contribution >= 4 is 34.9 Å². The van der Waals surface area contributed by atoms with Crippen LogP contribution in [0.4, 0.5) is 14.6 Å². The molecule has 1 saturated heterocycles. The smallest absolute Gasteiger partial charge is 0.243 e. The molecule has 0 unspecified atom stereocenters. The van der Waals surface area contributed by atoms with E-state index in [1.165, 1.54) is 24.3 Å². The second kappa shape index (κ2) is 16.1. The van der Waals surface area contributed by atoms with E-state index in [4.69, 9.17) is 38.8 Å². The third-order valence-electron chi connectivity index (χ3n) is 8.61. The number of halogens is 4. The molecule has 2 heterocycles. The van der Waals surface area contributed by atoms with Gasteiger partial charge in [-0.05, 0) is 62.4 Å². The summed E-state index contributed by atoms with van der Waals surface area (Å²) in [6, 6.07) is 8.51. The van der Waals surface area contributed by atoms with Crippen LogP contribution in [0.5, 0.6) is 0 Å². The number of rotatable bonds is 15. The first-order valence-corrected chi connectivity index (χ1v) is 17.1. The Labute approximate surface area is 296 Å². The molecule has 4 rings (SSSR count). The third kappa shape index (κ3) is 9.77. The monoisotopic (exact) mass is 724 g/mol. The van der Waals surface area contributed by atoms with Crippen molar-refractivity contribution < 1.29 is 28.5 Å². The molecule has 270 valence electrons. The fraction of sp³-hybridized carbons (Fsp3) is 0.543. The largest absolute Gasteiger partial charge is 0.396 e. The molecule has 1 aromatic heterocycles. The lowest BCUT2D eigenvalue weighted by Crippen LogP contribution is -2.52. The van der Waals surface area contributed by atoms with Crippen molar-refractivity contribution in [2.24, 2.45) is 11.1 Å². The molecule has 10 nitrogen and oxygen atoms in total. The molecule has 0 bridgehead atoms. The highest BCUT2D eigenvalue weighted by Crippen LogP contribution is 2.50. The van der Waals surface area contributed by atoms with Crippen molar-refractivity contribution in [2.75, 3.05) is 31.6 Å². The average molecular weight is 726 g/mol. The second-order valence-corrected chi connectivity index (χ2v) is 15.4. The van der Waals surface area contributed by atoms with Gasteiger partial charge >= 0.3 is 0 Å². The molecular weight excluding hydrogens is 677 g/mol. The molecule has 0 radical (unpaired) electrons. The van der Waals surface area contributed by atoms with E-state index >= 15 is 8.78 Å². The Morgan fingerprint density at radius 3 is 2.59 bits per heavy atom. The highest BCUT2D eigenvalue weighted by Gasteiger charge is 2.58. The number of benzene rings is 2. The molecule has 14 heteroatoms. The van der Waals surface area contributed by atoms with Gasteiger partial charge in [-0.15, -0.1) is 0 Å². The van der Waals surface area contributed by atoms with E-state index in [9.17, 15) is 9.90 Å². The van der Waals surface area contributed by atoms with Crippen molar-refractivity contribution in [1.82, 2.24) is 20.4 Å². The van der Waals surface area contributed by atoms with Crippen molar-refractivity contribution in [3.05, 3.63) is 81.5 Å². The summed E-state index contributed by atoms with van der Waals surface area (Å²) in [6.45, 7) is 11.1. The Bertz CT molecular complexity index is 1590. The van der Waals surface area contributed by atoms with E-state index in [0.717, 1.165) is 6.07 Å². The van der Waals surface area contributed by atoms with Crippen LogP contribution in [0.2, 0.25) is 10.0 Å². The van der Waals surface area contributed by atoms with Crippen LogP contribution in [0.15, 0.2) is 48.7 Å². The number of carbonyl (C=O) groups excluding carboxylic acids is 1. The number of aromatic nitrogens is 2. The van der Waals surface area contributed by atoms with Gasteiger partial charge in [0.05, 0.1) is 41.5 Å². The summed E-state index contributed by atoms with van der Waals surface area (Å²) in [5.41, 5.74) is 4.80. The van der Waals surface area contributed by atoms with Gasteiger partial charge in [0.15, 0.2) is 5.82 Å². The van der Waals surface area contributed by atoms with Crippen LogP contribution in [0.25, 0.3) is 0 Å². The molecule has 0 spiro atoms. The maximum absolute atomic E-state index is 15.9. The summed E-state index contributed by atoms with van der Waals surface area (Å²) in [4.78, 5) is 14.1. The van der Waals surface area contributed by atoms with Gasteiger partial charge in [-0.1, -0.05) is 62.2 Å². The molecule has 1 amide bonds. The zero-order valence-corrected chi connectivity index (χ0v) is 30.1. The molecule has 0 saturated carbocycles. The maximum Gasteiger partial charge on any atom is 0.243 e. The Hall–Kier alpha value is -2.68. The Morgan fingerprint density at radius 1 is 1.18 bits per heavy atom. The number of hydrogen-bond acceptors (Lipinski definition) is 8. The number of aliphatic hydroxyl groups excluding tert-OH is 2. The lowest BCUT2D eigenvalue weighted by molar-refractivity contribution is -0.118. The average Bonchev–Trinajstić information content (AvgIpc) is 3.55. The zero-order chi connectivity index (χ0) is 36.1. The van der Waals surface area contributed by atoms with Gasteiger partial charge in [0, 0.05) is 48.0 Å². The fourth-order valence-corrected chi connectivity index (χ4v) is 6.75. The number of carbonyl (C=O) groups is 1. The molecule has 1 aliphatic rings. The van der Waals surface area contributed by atoms with Crippen molar-refractivity contribution in [1.29, 1.82) is 0 Å². The number of nitrogens with two attached hydrogens (primary N) is 1. The quantitative estimate of drug-likeness (QED) is 0.121. The topological polar surface area (TPSA) is 147 Å². The van der Waals surface area contributed by atoms with Gasteiger partial charge in [-0.2, -0.15) is 5.10 Å². The number of nitrogens with zero attached hydrogens (tertiary/aromatic N) is 2. The standard InChI is InChI=1S/C35H48Cl2F2N6O4/c1-33(2,3)17-27-35(40,24-11-10-21(36)16-26(24)38)29(23-8-6-9-25(37)30(23)39)31(42-27)32(48)43-28-12-14-45(44-28)20-34(4,5)49-19-22(47)18-41-13-7-15-46/h6,8-12,14,16,22,27,29,31,41-42,46-47H,7,13,15,17-20,40H2,1-5H3,(H,43,44,48)/t22-,27+,29+,31-,35-/m1/s1. The van der Waals surface area contributed by atoms with Crippen LogP contribution in [0.1, 0.15) is 64.5 Å². The third-order valence-corrected chi connectivity index (χ3v) is 9.14. The Morgan fingerprint density at radius 2 is 1.92 bits per heavy atom. The minimum Gasteiger partial charge on any atom is -0.396 e. The van der Waals surface area contributed by atoms with Crippen LogP contribution >= 0.6 is 23.2 Å². The van der Waals surface area contributed by atoms with Gasteiger partial charge in [0.2, 0.25) is 5.91 Å². The predicted octanol–water partition coefficient (Wildman–Crippen LogP) is 4.95. The first kappa shape index (κ1) is 39.1. The fourth-order valence-electron chi connectivity index (χ4n) is 6.41. The molecule has 3 aromatic rings. The van der Waals surface area contributed by atoms with E-state index in [2.05, 4.69) is 21.0 Å². The second-order valence-electron chi connectivity index (χ2n) is 14.5. The summed E-state index contributed by atoms with van der Waals surface area (Å²) < 4.78 is 39.2. The van der Waals surface area contributed by atoms with E-state index in [-0.39, 0.29) is 45.6 Å². The minimum atomic E-state index is -1.60. The summed E-state index contributed by atoms with van der Waals surface area (Å²) in [5.74, 6) is -2.80. The molecule has 1 fully saturated rings. The first-order valence-electron chi connectivity index (χ1n) is 16.4. The SMILES string of the molecule is CC(C)(C)C[C@@H]1N[C@@H](C(=O)Nc2ccn(CC(C)(C)OC[C@H](O)CNCCCO)n2)[C@H](c2cccc(Cl)c2F)[C@@]1(N)c1ccc(Cl)cc1F. The number of nitrogens with one attached hydrogen (secondary N) is 3. The van der Waals surface area contributed by atoms with Gasteiger partial charge in [-0.3, -0.25) is 9.48 Å². The molecule has 1 aliphatic heterocycles. The van der Waals surface area contributed by atoms with E-state index in [1.54, 1.807) is 23.0 Å². The number of hydrogen-bond donors (Lipinski definition) is 6. The van der Waals surface area contributed by atoms with Crippen LogP contribution in [-0.2, 0) is 21.6 Å². The van der Waals surface area contributed by atoms with Crippen LogP contribution in [0.3, 0.4) is 0 Å². The normalized spacial score (nSPS) is 22.0. The van der Waals surface area contributed by atoms with Gasteiger partial charge in [0.1, 0.15) is 11.6 Å². The number of amides is 1. The van der Waals surface area contributed by atoms with Crippen LogP contribution < -0.4 is 21.7 Å². The lowest BCUT2D eigenvalue weighted by Gasteiger charge is -2.40. The lowest BCUT2D eigenvalue weighted by atomic mass is 9.68. The summed E-state index contributed by atoms with van der Waals surface area (Å²) in [6.07, 6.45) is 1.96. The number of aliphatic hydroxyl groups is 2. The van der Waals surface area contributed by atoms with Crippen LogP contribution in [0, 0.1) is 17.0 Å². The van der Waals surface area contributed by atoms with Crippen LogP contribution in [-0.4, -0.2) is 76.0 Å². The summed E-state index contributed by atoms with van der Waals surface area (Å²) in [5, 5.41) is 32.9. The molecule has 7 N–H and O–H groups in total. The Kier molecular flexibility index (Phi) is 12.9.